The first-order valence-electron chi connectivity index (χ1n) is 11.3. The minimum atomic E-state index is -0.191. The van der Waals surface area contributed by atoms with Crippen LogP contribution in [0.4, 0.5) is 0 Å². The molecule has 6 heteroatoms. The average molecular weight is 439 g/mol. The smallest absolute Gasteiger partial charge is 0.286 e. The molecule has 3 atom stereocenters. The lowest BCUT2D eigenvalue weighted by Gasteiger charge is -2.37. The Morgan fingerprint density at radius 3 is 2.53 bits per heavy atom. The fraction of sp³-hybridized carbons (Fsp3) is 0.462. The van der Waals surface area contributed by atoms with Gasteiger partial charge in [0, 0.05) is 19.5 Å². The number of ether oxygens (including phenoxy) is 1. The van der Waals surface area contributed by atoms with E-state index in [-0.39, 0.29) is 23.7 Å². The van der Waals surface area contributed by atoms with Crippen molar-refractivity contribution in [3.8, 4) is 5.75 Å². The highest BCUT2D eigenvalue weighted by atomic mass is 16.5. The number of benzene rings is 1. The van der Waals surface area contributed by atoms with Gasteiger partial charge in [0.2, 0.25) is 5.91 Å². The zero-order valence-electron chi connectivity index (χ0n) is 19.4. The third-order valence-corrected chi connectivity index (χ3v) is 6.41. The van der Waals surface area contributed by atoms with E-state index >= 15 is 0 Å². The van der Waals surface area contributed by atoms with Gasteiger partial charge in [-0.3, -0.25) is 9.59 Å². The molecule has 0 aliphatic heterocycles. The Morgan fingerprint density at radius 2 is 1.91 bits per heavy atom. The maximum Gasteiger partial charge on any atom is 0.286 e. The predicted octanol–water partition coefficient (Wildman–Crippen LogP) is 4.58. The predicted molar refractivity (Wildman–Crippen MR) is 124 cm³/mol. The number of methoxy groups -OCH3 is 1. The molecule has 2 N–H and O–H groups in total. The van der Waals surface area contributed by atoms with Crippen molar-refractivity contribution >= 4 is 11.8 Å². The second kappa shape index (κ2) is 11.0. The minimum absolute atomic E-state index is 0.0608. The molecule has 1 aromatic heterocycles. The molecule has 1 aromatic carbocycles. The number of nitrogens with one attached hydrogen (secondary N) is 2. The molecule has 172 valence electrons. The van der Waals surface area contributed by atoms with Gasteiger partial charge in [-0.1, -0.05) is 37.6 Å². The first-order chi connectivity index (χ1) is 15.4. The monoisotopic (exact) mass is 438 g/mol. The first kappa shape index (κ1) is 23.6. The van der Waals surface area contributed by atoms with E-state index in [1.807, 2.05) is 24.3 Å². The summed E-state index contributed by atoms with van der Waals surface area (Å²) in [7, 11) is 1.64. The van der Waals surface area contributed by atoms with Crippen LogP contribution in [-0.4, -0.2) is 25.5 Å². The van der Waals surface area contributed by atoms with Crippen LogP contribution in [0.1, 0.15) is 49.7 Å². The molecule has 32 heavy (non-hydrogen) atoms. The van der Waals surface area contributed by atoms with E-state index in [0.29, 0.717) is 37.1 Å². The van der Waals surface area contributed by atoms with Gasteiger partial charge in [-0.25, -0.2) is 0 Å². The highest BCUT2D eigenvalue weighted by Gasteiger charge is 2.32. The third-order valence-electron chi connectivity index (χ3n) is 6.41. The lowest BCUT2D eigenvalue weighted by molar-refractivity contribution is -0.122. The number of allylic oxidation sites excluding steroid dienone is 1. The zero-order valence-corrected chi connectivity index (χ0v) is 19.4. The molecule has 0 spiro atoms. The van der Waals surface area contributed by atoms with Crippen LogP contribution in [0.25, 0.3) is 0 Å². The van der Waals surface area contributed by atoms with Gasteiger partial charge in [0.1, 0.15) is 5.75 Å². The van der Waals surface area contributed by atoms with E-state index in [2.05, 4.69) is 37.5 Å². The van der Waals surface area contributed by atoms with Gasteiger partial charge < -0.3 is 19.8 Å². The van der Waals surface area contributed by atoms with Crippen LogP contribution in [0.15, 0.2) is 58.7 Å². The third kappa shape index (κ3) is 6.25. The van der Waals surface area contributed by atoms with Crippen LogP contribution < -0.4 is 15.4 Å². The summed E-state index contributed by atoms with van der Waals surface area (Å²) in [6.45, 7) is 7.59. The number of furan rings is 1. The largest absolute Gasteiger partial charge is 0.497 e. The molecule has 6 nitrogen and oxygen atoms in total. The van der Waals surface area contributed by atoms with Gasteiger partial charge in [-0.05, 0) is 66.8 Å². The van der Waals surface area contributed by atoms with Gasteiger partial charge in [-0.2, -0.15) is 0 Å². The van der Waals surface area contributed by atoms with Crippen LogP contribution in [0.3, 0.4) is 0 Å². The fourth-order valence-corrected chi connectivity index (χ4v) is 4.45. The Hall–Kier alpha value is -3.02. The van der Waals surface area contributed by atoms with E-state index in [0.717, 1.165) is 17.7 Å². The Bertz CT molecular complexity index is 916. The molecule has 1 aliphatic rings. The summed E-state index contributed by atoms with van der Waals surface area (Å²) in [6.07, 6.45) is 5.17. The van der Waals surface area contributed by atoms with E-state index in [4.69, 9.17) is 9.15 Å². The molecule has 3 rings (SSSR count). The number of carbonyl (C=O) groups is 2. The molecule has 0 unspecified atom stereocenters. The number of rotatable bonds is 9. The molecule has 0 bridgehead atoms. The van der Waals surface area contributed by atoms with Crippen molar-refractivity contribution in [1.82, 2.24) is 10.6 Å². The molecule has 0 saturated carbocycles. The molecule has 2 amide bonds. The second-order valence-corrected chi connectivity index (χ2v) is 8.93. The van der Waals surface area contributed by atoms with Gasteiger partial charge in [0.15, 0.2) is 5.76 Å². The topological polar surface area (TPSA) is 80.6 Å². The summed E-state index contributed by atoms with van der Waals surface area (Å²) in [5.74, 6) is 2.31. The molecule has 0 fully saturated rings. The maximum absolute atomic E-state index is 12.6. The highest BCUT2D eigenvalue weighted by Crippen LogP contribution is 2.38. The second-order valence-electron chi connectivity index (χ2n) is 8.93. The normalized spacial score (nSPS) is 20.5. The maximum atomic E-state index is 12.6. The standard InChI is InChI=1S/C26H34N2O4/c1-17(2)23-13-20(14-25(29)27-15-19-7-9-22(31-4)10-8-19)18(3)12-21(23)16-28-26(30)24-6-5-11-32-24/h5-12,17,20-21,23H,13-16H2,1-4H3,(H,27,29)(H,28,30)/t20-,21-,23-/m0/s1. The highest BCUT2D eigenvalue weighted by molar-refractivity contribution is 5.91. The molecule has 2 aromatic rings. The summed E-state index contributed by atoms with van der Waals surface area (Å²) >= 11 is 0. The number of carbonyl (C=O) groups excluding carboxylic acids is 2. The van der Waals surface area contributed by atoms with E-state index in [1.54, 1.807) is 19.2 Å². The number of amides is 2. The van der Waals surface area contributed by atoms with Crippen molar-refractivity contribution in [2.45, 2.75) is 40.2 Å². The van der Waals surface area contributed by atoms with Gasteiger partial charge in [0.25, 0.3) is 5.91 Å². The van der Waals surface area contributed by atoms with E-state index in [9.17, 15) is 9.59 Å². The number of hydrogen-bond acceptors (Lipinski definition) is 4. The van der Waals surface area contributed by atoms with Crippen molar-refractivity contribution in [1.29, 1.82) is 0 Å². The quantitative estimate of drug-likeness (QED) is 0.562. The van der Waals surface area contributed by atoms with Crippen LogP contribution in [0.2, 0.25) is 0 Å². The average Bonchev–Trinajstić information content (AvgIpc) is 3.33. The van der Waals surface area contributed by atoms with Crippen molar-refractivity contribution in [3.05, 3.63) is 65.6 Å². The van der Waals surface area contributed by atoms with Crippen molar-refractivity contribution < 1.29 is 18.7 Å². The first-order valence-corrected chi connectivity index (χ1v) is 11.3. The van der Waals surface area contributed by atoms with Crippen LogP contribution in [-0.2, 0) is 11.3 Å². The SMILES string of the molecule is COc1ccc(CNC(=O)C[C@@H]2C[C@@H](C(C)C)[C@H](CNC(=O)c3ccco3)C=C2C)cc1. The molecular formula is C26H34N2O4. The molecule has 0 radical (unpaired) electrons. The Labute approximate surface area is 190 Å². The van der Waals surface area contributed by atoms with Crippen molar-refractivity contribution in [2.75, 3.05) is 13.7 Å². The van der Waals surface area contributed by atoms with Crippen LogP contribution in [0, 0.1) is 23.7 Å². The van der Waals surface area contributed by atoms with E-state index in [1.165, 1.54) is 11.8 Å². The minimum Gasteiger partial charge on any atom is -0.497 e. The lowest BCUT2D eigenvalue weighted by atomic mass is 9.69. The van der Waals surface area contributed by atoms with E-state index < -0.39 is 0 Å². The Kier molecular flexibility index (Phi) is 8.14. The Balaban J connectivity index is 1.55. The lowest BCUT2D eigenvalue weighted by Crippen LogP contribution is -2.37. The van der Waals surface area contributed by atoms with Gasteiger partial charge in [-0.15, -0.1) is 0 Å². The van der Waals surface area contributed by atoms with Crippen molar-refractivity contribution in [3.63, 3.8) is 0 Å². The summed E-state index contributed by atoms with van der Waals surface area (Å²) < 4.78 is 10.4. The summed E-state index contributed by atoms with van der Waals surface area (Å²) in [4.78, 5) is 24.9. The molecule has 0 saturated heterocycles. The fourth-order valence-electron chi connectivity index (χ4n) is 4.45. The molecule has 1 heterocycles. The van der Waals surface area contributed by atoms with Crippen LogP contribution >= 0.6 is 0 Å². The molecular weight excluding hydrogens is 404 g/mol. The summed E-state index contributed by atoms with van der Waals surface area (Å²) in [5.41, 5.74) is 2.27. The van der Waals surface area contributed by atoms with Gasteiger partial charge in [0.05, 0.1) is 13.4 Å². The Morgan fingerprint density at radius 1 is 1.16 bits per heavy atom. The van der Waals surface area contributed by atoms with Crippen LogP contribution in [0.5, 0.6) is 5.75 Å². The summed E-state index contributed by atoms with van der Waals surface area (Å²) in [5, 5.41) is 6.04. The number of hydrogen-bond donors (Lipinski definition) is 2. The van der Waals surface area contributed by atoms with Crippen molar-refractivity contribution in [2.24, 2.45) is 23.7 Å². The zero-order chi connectivity index (χ0) is 23.1. The van der Waals surface area contributed by atoms with Gasteiger partial charge >= 0.3 is 0 Å². The summed E-state index contributed by atoms with van der Waals surface area (Å²) in [6, 6.07) is 11.1. The molecule has 1 aliphatic carbocycles.